The van der Waals surface area contributed by atoms with Crippen molar-refractivity contribution in [3.05, 3.63) is 42.0 Å². The van der Waals surface area contributed by atoms with Crippen molar-refractivity contribution >= 4 is 27.3 Å². The highest BCUT2D eigenvalue weighted by atomic mass is 32.2. The van der Waals surface area contributed by atoms with E-state index in [4.69, 9.17) is 14.2 Å². The number of ether oxygens (including phenoxy) is 3. The highest BCUT2D eigenvalue weighted by Gasteiger charge is 2.28. The number of carbonyl (C=O) groups is 1. The van der Waals surface area contributed by atoms with Gasteiger partial charge in [-0.3, -0.25) is 4.79 Å². The molecule has 1 saturated heterocycles. The SMILES string of the molecule is CCN(CC)S(=O)(=O)c1ccc(N2CCOCC2)c(C(=O)N(C)c2ccc(OC)c(OC)c2)c1. The Labute approximate surface area is 201 Å². The molecule has 0 spiro atoms. The van der Waals surface area contributed by atoms with Crippen molar-refractivity contribution < 1.29 is 27.4 Å². The van der Waals surface area contributed by atoms with E-state index >= 15 is 0 Å². The van der Waals surface area contributed by atoms with Gasteiger partial charge in [-0.05, 0) is 30.3 Å². The van der Waals surface area contributed by atoms with E-state index in [2.05, 4.69) is 0 Å². The number of hydrogen-bond donors (Lipinski definition) is 0. The zero-order valence-corrected chi connectivity index (χ0v) is 21.2. The van der Waals surface area contributed by atoms with Crippen LogP contribution in [0.15, 0.2) is 41.3 Å². The van der Waals surface area contributed by atoms with Gasteiger partial charge >= 0.3 is 0 Å². The number of rotatable bonds is 9. The first-order valence-electron chi connectivity index (χ1n) is 11.2. The van der Waals surface area contributed by atoms with Gasteiger partial charge in [0.25, 0.3) is 5.91 Å². The van der Waals surface area contributed by atoms with Crippen LogP contribution in [0, 0.1) is 0 Å². The van der Waals surface area contributed by atoms with Gasteiger partial charge in [-0.1, -0.05) is 13.8 Å². The Bertz CT molecular complexity index is 1110. The minimum atomic E-state index is -3.73. The van der Waals surface area contributed by atoms with Crippen LogP contribution in [0.5, 0.6) is 11.5 Å². The smallest absolute Gasteiger partial charge is 0.260 e. The Balaban J connectivity index is 2.08. The average Bonchev–Trinajstić information content (AvgIpc) is 2.88. The van der Waals surface area contributed by atoms with Gasteiger partial charge in [0.2, 0.25) is 10.0 Å². The number of amides is 1. The molecule has 0 aromatic heterocycles. The normalized spacial score (nSPS) is 14.2. The van der Waals surface area contributed by atoms with Crippen LogP contribution in [0.25, 0.3) is 0 Å². The predicted octanol–water partition coefficient (Wildman–Crippen LogP) is 2.85. The maximum Gasteiger partial charge on any atom is 0.260 e. The van der Waals surface area contributed by atoms with Gasteiger partial charge in [-0.25, -0.2) is 8.42 Å². The lowest BCUT2D eigenvalue weighted by Crippen LogP contribution is -2.38. The quantitative estimate of drug-likeness (QED) is 0.533. The highest BCUT2D eigenvalue weighted by Crippen LogP contribution is 2.33. The fourth-order valence-corrected chi connectivity index (χ4v) is 5.46. The van der Waals surface area contributed by atoms with E-state index in [1.54, 1.807) is 58.3 Å². The summed E-state index contributed by atoms with van der Waals surface area (Å²) in [7, 11) is 0.993. The number of morpholine rings is 1. The lowest BCUT2D eigenvalue weighted by atomic mass is 10.1. The first-order valence-corrected chi connectivity index (χ1v) is 12.7. The molecule has 3 rings (SSSR count). The van der Waals surface area contributed by atoms with Crippen molar-refractivity contribution in [1.29, 1.82) is 0 Å². The van der Waals surface area contributed by atoms with Crippen molar-refractivity contribution in [3.63, 3.8) is 0 Å². The molecule has 2 aromatic carbocycles. The second kappa shape index (κ2) is 11.1. The van der Waals surface area contributed by atoms with E-state index in [1.807, 2.05) is 4.90 Å². The zero-order chi connectivity index (χ0) is 24.9. The molecular weight excluding hydrogens is 458 g/mol. The largest absolute Gasteiger partial charge is 0.493 e. The Morgan fingerprint density at radius 1 is 1.00 bits per heavy atom. The molecule has 1 aliphatic rings. The van der Waals surface area contributed by atoms with Crippen LogP contribution in [-0.4, -0.2) is 79.3 Å². The summed E-state index contributed by atoms with van der Waals surface area (Å²) in [6.45, 7) is 6.58. The van der Waals surface area contributed by atoms with Crippen molar-refractivity contribution in [2.24, 2.45) is 0 Å². The van der Waals surface area contributed by atoms with E-state index in [1.165, 1.54) is 22.4 Å². The summed E-state index contributed by atoms with van der Waals surface area (Å²) >= 11 is 0. The first-order chi connectivity index (χ1) is 16.3. The molecule has 2 aromatic rings. The molecule has 0 aliphatic carbocycles. The second-order valence-electron chi connectivity index (χ2n) is 7.77. The van der Waals surface area contributed by atoms with E-state index in [-0.39, 0.29) is 10.8 Å². The van der Waals surface area contributed by atoms with E-state index in [9.17, 15) is 13.2 Å². The van der Waals surface area contributed by atoms with Crippen molar-refractivity contribution in [3.8, 4) is 11.5 Å². The molecule has 1 aliphatic heterocycles. The van der Waals surface area contributed by atoms with Crippen LogP contribution < -0.4 is 19.3 Å². The standard InChI is InChI=1S/C24H33N3O6S/c1-6-27(7-2)34(29,30)19-9-10-21(26-12-14-33-15-13-26)20(17-19)24(28)25(3)18-8-11-22(31-4)23(16-18)32-5/h8-11,16-17H,6-7,12-15H2,1-5H3. The monoisotopic (exact) mass is 491 g/mol. The van der Waals surface area contributed by atoms with Gasteiger partial charge < -0.3 is 24.0 Å². The van der Waals surface area contributed by atoms with Crippen LogP contribution in [-0.2, 0) is 14.8 Å². The van der Waals surface area contributed by atoms with E-state index in [0.717, 1.165) is 0 Å². The van der Waals surface area contributed by atoms with Gasteiger partial charge in [-0.15, -0.1) is 0 Å². The Morgan fingerprint density at radius 3 is 2.24 bits per heavy atom. The fourth-order valence-electron chi connectivity index (χ4n) is 3.97. The van der Waals surface area contributed by atoms with E-state index < -0.39 is 10.0 Å². The lowest BCUT2D eigenvalue weighted by molar-refractivity contribution is 0.0991. The molecule has 186 valence electrons. The third-order valence-electron chi connectivity index (χ3n) is 5.95. The van der Waals surface area contributed by atoms with Crippen LogP contribution in [0.4, 0.5) is 11.4 Å². The number of anilines is 2. The maximum atomic E-state index is 13.7. The molecule has 0 atom stereocenters. The van der Waals surface area contributed by atoms with Gasteiger partial charge in [-0.2, -0.15) is 4.31 Å². The number of nitrogens with zero attached hydrogens (tertiary/aromatic N) is 3. The molecule has 0 unspecified atom stereocenters. The number of sulfonamides is 1. The van der Waals surface area contributed by atoms with Gasteiger partial charge in [0, 0.05) is 50.7 Å². The molecule has 10 heteroatoms. The molecule has 34 heavy (non-hydrogen) atoms. The van der Waals surface area contributed by atoms with Crippen LogP contribution in [0.1, 0.15) is 24.2 Å². The molecule has 0 saturated carbocycles. The summed E-state index contributed by atoms with van der Waals surface area (Å²) in [6, 6.07) is 9.97. The molecular formula is C24H33N3O6S. The second-order valence-corrected chi connectivity index (χ2v) is 9.71. The summed E-state index contributed by atoms with van der Waals surface area (Å²) in [5, 5.41) is 0. The summed E-state index contributed by atoms with van der Waals surface area (Å²) < 4.78 is 43.9. The minimum Gasteiger partial charge on any atom is -0.493 e. The van der Waals surface area contributed by atoms with Gasteiger partial charge in [0.05, 0.1) is 37.9 Å². The summed E-state index contributed by atoms with van der Waals surface area (Å²) in [4.78, 5) is 17.4. The maximum absolute atomic E-state index is 13.7. The fraction of sp³-hybridized carbons (Fsp3) is 0.458. The third-order valence-corrected chi connectivity index (χ3v) is 8.00. The highest BCUT2D eigenvalue weighted by molar-refractivity contribution is 7.89. The summed E-state index contributed by atoms with van der Waals surface area (Å²) in [5.41, 5.74) is 1.58. The number of methoxy groups -OCH3 is 2. The Morgan fingerprint density at radius 2 is 1.65 bits per heavy atom. The van der Waals surface area contributed by atoms with Gasteiger partial charge in [0.1, 0.15) is 0 Å². The first kappa shape index (κ1) is 25.8. The Kier molecular flexibility index (Phi) is 8.40. The van der Waals surface area contributed by atoms with Crippen molar-refractivity contribution in [2.75, 3.05) is 70.5 Å². The molecule has 9 nitrogen and oxygen atoms in total. The predicted molar refractivity (Wildman–Crippen MR) is 132 cm³/mol. The van der Waals surface area contributed by atoms with Crippen molar-refractivity contribution in [1.82, 2.24) is 4.31 Å². The molecule has 1 fully saturated rings. The topological polar surface area (TPSA) is 88.6 Å². The minimum absolute atomic E-state index is 0.0947. The molecule has 1 heterocycles. The number of benzene rings is 2. The summed E-state index contributed by atoms with van der Waals surface area (Å²) in [5.74, 6) is 0.713. The van der Waals surface area contributed by atoms with E-state index in [0.29, 0.717) is 67.8 Å². The molecule has 0 N–H and O–H groups in total. The lowest BCUT2D eigenvalue weighted by Gasteiger charge is -2.31. The third kappa shape index (κ3) is 5.13. The van der Waals surface area contributed by atoms with Crippen LogP contribution in [0.2, 0.25) is 0 Å². The number of hydrogen-bond acceptors (Lipinski definition) is 7. The summed E-state index contributed by atoms with van der Waals surface area (Å²) in [6.07, 6.45) is 0. The average molecular weight is 492 g/mol. The zero-order valence-electron chi connectivity index (χ0n) is 20.4. The van der Waals surface area contributed by atoms with Crippen LogP contribution in [0.3, 0.4) is 0 Å². The van der Waals surface area contributed by atoms with Gasteiger partial charge in [0.15, 0.2) is 11.5 Å². The molecule has 1 amide bonds. The van der Waals surface area contributed by atoms with Crippen LogP contribution >= 0.6 is 0 Å². The number of carbonyl (C=O) groups excluding carboxylic acids is 1. The van der Waals surface area contributed by atoms with Crippen molar-refractivity contribution in [2.45, 2.75) is 18.7 Å². The Hall–Kier alpha value is -2.82. The molecule has 0 bridgehead atoms. The molecule has 0 radical (unpaired) electrons.